The fourth-order valence-electron chi connectivity index (χ4n) is 2.63. The molecule has 1 heterocycles. The van der Waals surface area contributed by atoms with Crippen LogP contribution in [0.5, 0.6) is 5.75 Å². The Morgan fingerprint density at radius 1 is 1.20 bits per heavy atom. The van der Waals surface area contributed by atoms with E-state index in [4.69, 9.17) is 22.2 Å². The fraction of sp³-hybridized carbons (Fsp3) is 0.250. The molecule has 3 nitrogen and oxygen atoms in total. The molecule has 0 aliphatic carbocycles. The van der Waals surface area contributed by atoms with E-state index in [-0.39, 0.29) is 6.04 Å². The Kier molecular flexibility index (Phi) is 3.92. The highest BCUT2D eigenvalue weighted by molar-refractivity contribution is 6.30. The van der Waals surface area contributed by atoms with Crippen LogP contribution in [0.2, 0.25) is 5.02 Å². The lowest BCUT2D eigenvalue weighted by Gasteiger charge is -2.19. The predicted octanol–water partition coefficient (Wildman–Crippen LogP) is 3.02. The molecule has 0 aromatic heterocycles. The van der Waals surface area contributed by atoms with Crippen LogP contribution in [0.25, 0.3) is 0 Å². The highest BCUT2D eigenvalue weighted by Crippen LogP contribution is 2.34. The van der Waals surface area contributed by atoms with Crippen molar-refractivity contribution in [1.82, 2.24) is 5.43 Å². The molecule has 0 amide bonds. The van der Waals surface area contributed by atoms with Crippen LogP contribution in [0.4, 0.5) is 0 Å². The summed E-state index contributed by atoms with van der Waals surface area (Å²) in [5, 5.41) is 0.745. The smallest absolute Gasteiger partial charge is 0.127 e. The van der Waals surface area contributed by atoms with E-state index in [0.29, 0.717) is 0 Å². The Morgan fingerprint density at radius 2 is 2.00 bits per heavy atom. The topological polar surface area (TPSA) is 47.3 Å². The zero-order chi connectivity index (χ0) is 13.9. The van der Waals surface area contributed by atoms with Crippen LogP contribution in [-0.2, 0) is 12.8 Å². The van der Waals surface area contributed by atoms with E-state index in [1.807, 2.05) is 24.3 Å². The van der Waals surface area contributed by atoms with Gasteiger partial charge in [0.2, 0.25) is 0 Å². The normalized spacial score (nSPS) is 14.7. The number of hydrazine groups is 1. The zero-order valence-electron chi connectivity index (χ0n) is 11.1. The Bertz CT molecular complexity index is 598. The second-order valence-corrected chi connectivity index (χ2v) is 5.42. The van der Waals surface area contributed by atoms with Gasteiger partial charge in [-0.15, -0.1) is 0 Å². The van der Waals surface area contributed by atoms with Gasteiger partial charge in [0.15, 0.2) is 0 Å². The van der Waals surface area contributed by atoms with Crippen molar-refractivity contribution < 1.29 is 4.74 Å². The molecule has 1 atom stereocenters. The molecular formula is C16H17ClN2O. The summed E-state index contributed by atoms with van der Waals surface area (Å²) < 4.78 is 5.75. The Hall–Kier alpha value is -1.55. The molecule has 1 aliphatic rings. The largest absolute Gasteiger partial charge is 0.493 e. The molecule has 3 rings (SSSR count). The number of hydrogen-bond donors (Lipinski definition) is 2. The zero-order valence-corrected chi connectivity index (χ0v) is 11.9. The van der Waals surface area contributed by atoms with Crippen LogP contribution in [-0.4, -0.2) is 6.61 Å². The molecule has 0 fully saturated rings. The van der Waals surface area contributed by atoms with Crippen molar-refractivity contribution in [2.45, 2.75) is 18.9 Å². The van der Waals surface area contributed by atoms with E-state index >= 15 is 0 Å². The molecular weight excluding hydrogens is 272 g/mol. The minimum atomic E-state index is 0.0317. The van der Waals surface area contributed by atoms with E-state index in [1.165, 1.54) is 11.1 Å². The molecule has 0 saturated heterocycles. The summed E-state index contributed by atoms with van der Waals surface area (Å²) in [7, 11) is 0. The number of nitrogens with two attached hydrogens (primary N) is 1. The van der Waals surface area contributed by atoms with Gasteiger partial charge >= 0.3 is 0 Å². The van der Waals surface area contributed by atoms with Crippen molar-refractivity contribution >= 4 is 11.6 Å². The van der Waals surface area contributed by atoms with Gasteiger partial charge in [-0.1, -0.05) is 41.9 Å². The van der Waals surface area contributed by atoms with Gasteiger partial charge in [-0.05, 0) is 29.7 Å². The Morgan fingerprint density at radius 3 is 2.75 bits per heavy atom. The molecule has 3 N–H and O–H groups in total. The SMILES string of the molecule is NNC(Cc1ccc(Cl)cc1)c1cccc2c1OCC2. The molecule has 0 spiro atoms. The number of ether oxygens (including phenoxy) is 1. The average Bonchev–Trinajstić information content (AvgIpc) is 2.95. The highest BCUT2D eigenvalue weighted by atomic mass is 35.5. The third-order valence-electron chi connectivity index (χ3n) is 3.67. The van der Waals surface area contributed by atoms with Gasteiger partial charge in [-0.25, -0.2) is 0 Å². The van der Waals surface area contributed by atoms with Crippen LogP contribution in [0, 0.1) is 0 Å². The van der Waals surface area contributed by atoms with Crippen LogP contribution >= 0.6 is 11.6 Å². The molecule has 2 aromatic rings. The Balaban J connectivity index is 1.87. The molecule has 0 bridgehead atoms. The summed E-state index contributed by atoms with van der Waals surface area (Å²) in [4.78, 5) is 0. The fourth-order valence-corrected chi connectivity index (χ4v) is 2.76. The monoisotopic (exact) mass is 288 g/mol. The summed E-state index contributed by atoms with van der Waals surface area (Å²) in [5.41, 5.74) is 6.47. The number of rotatable bonds is 4. The van der Waals surface area contributed by atoms with Crippen LogP contribution < -0.4 is 16.0 Å². The van der Waals surface area contributed by atoms with Gasteiger partial charge in [0.05, 0.1) is 12.6 Å². The van der Waals surface area contributed by atoms with Gasteiger partial charge in [0.1, 0.15) is 5.75 Å². The van der Waals surface area contributed by atoms with E-state index in [2.05, 4.69) is 23.6 Å². The summed E-state index contributed by atoms with van der Waals surface area (Å²) in [6, 6.07) is 14.1. The van der Waals surface area contributed by atoms with Crippen molar-refractivity contribution in [3.63, 3.8) is 0 Å². The first kappa shape index (κ1) is 13.4. The molecule has 0 saturated carbocycles. The first-order valence-corrected chi connectivity index (χ1v) is 7.11. The summed E-state index contributed by atoms with van der Waals surface area (Å²) in [6.45, 7) is 0.755. The molecule has 4 heteroatoms. The number of hydrogen-bond acceptors (Lipinski definition) is 3. The molecule has 104 valence electrons. The maximum Gasteiger partial charge on any atom is 0.127 e. The van der Waals surface area contributed by atoms with E-state index < -0.39 is 0 Å². The summed E-state index contributed by atoms with van der Waals surface area (Å²) in [6.07, 6.45) is 1.77. The number of benzene rings is 2. The maximum atomic E-state index is 5.92. The molecule has 1 aliphatic heterocycles. The predicted molar refractivity (Wildman–Crippen MR) is 80.9 cm³/mol. The molecule has 1 unspecified atom stereocenters. The highest BCUT2D eigenvalue weighted by Gasteiger charge is 2.21. The van der Waals surface area contributed by atoms with E-state index in [0.717, 1.165) is 35.8 Å². The molecule has 20 heavy (non-hydrogen) atoms. The van der Waals surface area contributed by atoms with E-state index in [1.54, 1.807) is 0 Å². The number of nitrogens with one attached hydrogen (secondary N) is 1. The second-order valence-electron chi connectivity index (χ2n) is 4.98. The summed E-state index contributed by atoms with van der Waals surface area (Å²) >= 11 is 5.92. The van der Waals surface area contributed by atoms with Gasteiger partial charge in [0.25, 0.3) is 0 Å². The number of halogens is 1. The van der Waals surface area contributed by atoms with Crippen molar-refractivity contribution in [2.24, 2.45) is 5.84 Å². The third kappa shape index (κ3) is 2.66. The lowest BCUT2D eigenvalue weighted by atomic mass is 9.96. The number of para-hydroxylation sites is 1. The summed E-state index contributed by atoms with van der Waals surface area (Å²) in [5.74, 6) is 6.74. The van der Waals surface area contributed by atoms with Gasteiger partial charge in [-0.3, -0.25) is 11.3 Å². The second kappa shape index (κ2) is 5.83. The van der Waals surface area contributed by atoms with Crippen molar-refractivity contribution in [2.75, 3.05) is 6.61 Å². The van der Waals surface area contributed by atoms with Crippen LogP contribution in [0.15, 0.2) is 42.5 Å². The quantitative estimate of drug-likeness (QED) is 0.671. The number of fused-ring (bicyclic) bond motifs is 1. The lowest BCUT2D eigenvalue weighted by Crippen LogP contribution is -2.29. The Labute approximate surface area is 123 Å². The van der Waals surface area contributed by atoms with Crippen molar-refractivity contribution in [1.29, 1.82) is 0 Å². The van der Waals surface area contributed by atoms with Crippen molar-refractivity contribution in [3.05, 3.63) is 64.2 Å². The first-order valence-electron chi connectivity index (χ1n) is 6.73. The standard InChI is InChI=1S/C16H17ClN2O/c17-13-6-4-11(5-7-13)10-15(19-18)14-3-1-2-12-8-9-20-16(12)14/h1-7,15,19H,8-10,18H2. The minimum Gasteiger partial charge on any atom is -0.493 e. The maximum absolute atomic E-state index is 5.92. The average molecular weight is 289 g/mol. The lowest BCUT2D eigenvalue weighted by molar-refractivity contribution is 0.348. The van der Waals surface area contributed by atoms with Crippen LogP contribution in [0.3, 0.4) is 0 Å². The van der Waals surface area contributed by atoms with Crippen LogP contribution in [0.1, 0.15) is 22.7 Å². The van der Waals surface area contributed by atoms with Crippen molar-refractivity contribution in [3.8, 4) is 5.75 Å². The van der Waals surface area contributed by atoms with Gasteiger partial charge < -0.3 is 4.74 Å². The van der Waals surface area contributed by atoms with Gasteiger partial charge in [-0.2, -0.15) is 0 Å². The molecule has 0 radical (unpaired) electrons. The van der Waals surface area contributed by atoms with Gasteiger partial charge in [0, 0.05) is 17.0 Å². The van der Waals surface area contributed by atoms with E-state index in [9.17, 15) is 0 Å². The molecule has 2 aromatic carbocycles. The first-order chi connectivity index (χ1) is 9.78. The third-order valence-corrected chi connectivity index (χ3v) is 3.93. The minimum absolute atomic E-state index is 0.0317.